The molecule has 0 atom stereocenters. The van der Waals surface area contributed by atoms with Crippen LogP contribution in [0.4, 0.5) is 11.8 Å². The molecule has 0 amide bonds. The zero-order valence-electron chi connectivity index (χ0n) is 10.3. The lowest BCUT2D eigenvalue weighted by Gasteiger charge is -2.30. The molecule has 1 saturated heterocycles. The second-order valence-electron chi connectivity index (χ2n) is 4.57. The highest BCUT2D eigenvalue weighted by molar-refractivity contribution is 5.55. The first-order valence-electron chi connectivity index (χ1n) is 5.91. The summed E-state index contributed by atoms with van der Waals surface area (Å²) in [5.41, 5.74) is 0. The van der Waals surface area contributed by atoms with Gasteiger partial charge in [0.15, 0.2) is 0 Å². The van der Waals surface area contributed by atoms with Crippen LogP contribution in [0.15, 0.2) is 12.3 Å². The molecule has 2 rings (SSSR count). The van der Waals surface area contributed by atoms with Gasteiger partial charge in [-0.15, -0.1) is 0 Å². The van der Waals surface area contributed by atoms with Crippen molar-refractivity contribution in [2.24, 2.45) is 5.92 Å². The maximum absolute atomic E-state index is 10.7. The van der Waals surface area contributed by atoms with E-state index < -0.39 is 0 Å². The Balaban J connectivity index is 2.07. The molecule has 5 heteroatoms. The minimum atomic E-state index is 0.224. The zero-order valence-corrected chi connectivity index (χ0v) is 10.3. The summed E-state index contributed by atoms with van der Waals surface area (Å²) in [5, 5.41) is 0. The van der Waals surface area contributed by atoms with Crippen molar-refractivity contribution in [3.63, 3.8) is 0 Å². The molecular weight excluding hydrogens is 216 g/mol. The number of hydrogen-bond donors (Lipinski definition) is 0. The Bertz CT molecular complexity index is 386. The van der Waals surface area contributed by atoms with Crippen molar-refractivity contribution in [2.75, 3.05) is 37.0 Å². The van der Waals surface area contributed by atoms with E-state index in [-0.39, 0.29) is 5.92 Å². The highest BCUT2D eigenvalue weighted by Crippen LogP contribution is 2.21. The number of carbonyl (C=O) groups excluding carboxylic acids is 1. The first kappa shape index (κ1) is 11.8. The summed E-state index contributed by atoms with van der Waals surface area (Å²) in [4.78, 5) is 23.5. The van der Waals surface area contributed by atoms with Gasteiger partial charge in [-0.2, -0.15) is 4.98 Å². The van der Waals surface area contributed by atoms with E-state index in [9.17, 15) is 4.79 Å². The lowest BCUT2D eigenvalue weighted by atomic mass is 9.99. The Labute approximate surface area is 101 Å². The van der Waals surface area contributed by atoms with Crippen LogP contribution in [0.5, 0.6) is 0 Å². The fourth-order valence-electron chi connectivity index (χ4n) is 2.00. The molecule has 1 aliphatic heterocycles. The monoisotopic (exact) mass is 234 g/mol. The highest BCUT2D eigenvalue weighted by Gasteiger charge is 2.19. The molecule has 5 nitrogen and oxygen atoms in total. The number of hydrogen-bond acceptors (Lipinski definition) is 5. The first-order chi connectivity index (χ1) is 8.20. The molecule has 0 aromatic carbocycles. The number of carbonyl (C=O) groups is 1. The number of aromatic nitrogens is 2. The van der Waals surface area contributed by atoms with Gasteiger partial charge in [0, 0.05) is 39.3 Å². The molecule has 1 aromatic heterocycles. The maximum atomic E-state index is 10.7. The van der Waals surface area contributed by atoms with Crippen LogP contribution in [0.2, 0.25) is 0 Å². The van der Waals surface area contributed by atoms with E-state index in [1.165, 1.54) is 0 Å². The molecule has 0 saturated carbocycles. The minimum Gasteiger partial charge on any atom is -0.356 e. The Morgan fingerprint density at radius 3 is 2.71 bits per heavy atom. The summed E-state index contributed by atoms with van der Waals surface area (Å²) in [6.45, 7) is 1.79. The third-order valence-electron chi connectivity index (χ3n) is 3.08. The van der Waals surface area contributed by atoms with Crippen LogP contribution >= 0.6 is 0 Å². The predicted octanol–water partition coefficient (Wildman–Crippen LogP) is 0.958. The van der Waals surface area contributed by atoms with E-state index in [2.05, 4.69) is 14.9 Å². The van der Waals surface area contributed by atoms with Crippen molar-refractivity contribution in [1.82, 2.24) is 9.97 Å². The number of piperidine rings is 1. The van der Waals surface area contributed by atoms with Crippen LogP contribution in [-0.4, -0.2) is 43.4 Å². The average Bonchev–Trinajstić information content (AvgIpc) is 2.39. The highest BCUT2D eigenvalue weighted by atomic mass is 16.1. The minimum absolute atomic E-state index is 0.224. The SMILES string of the molecule is CN(C)c1nccc(N2CCC(C=O)CC2)n1. The van der Waals surface area contributed by atoms with E-state index >= 15 is 0 Å². The average molecular weight is 234 g/mol. The molecule has 0 N–H and O–H groups in total. The van der Waals surface area contributed by atoms with Crippen LogP contribution in [-0.2, 0) is 4.79 Å². The van der Waals surface area contributed by atoms with Gasteiger partial charge in [-0.3, -0.25) is 0 Å². The van der Waals surface area contributed by atoms with Gasteiger partial charge in [0.25, 0.3) is 0 Å². The van der Waals surface area contributed by atoms with Gasteiger partial charge in [-0.1, -0.05) is 0 Å². The van der Waals surface area contributed by atoms with Crippen molar-refractivity contribution in [2.45, 2.75) is 12.8 Å². The summed E-state index contributed by atoms with van der Waals surface area (Å²) < 4.78 is 0. The maximum Gasteiger partial charge on any atom is 0.226 e. The van der Waals surface area contributed by atoms with Gasteiger partial charge in [-0.05, 0) is 18.9 Å². The smallest absolute Gasteiger partial charge is 0.226 e. The Hall–Kier alpha value is -1.65. The molecule has 0 unspecified atom stereocenters. The van der Waals surface area contributed by atoms with E-state index in [1.54, 1.807) is 6.20 Å². The predicted molar refractivity (Wildman–Crippen MR) is 67.4 cm³/mol. The van der Waals surface area contributed by atoms with Gasteiger partial charge in [-0.25, -0.2) is 4.98 Å². The van der Waals surface area contributed by atoms with Gasteiger partial charge in [0.05, 0.1) is 0 Å². The topological polar surface area (TPSA) is 49.3 Å². The van der Waals surface area contributed by atoms with Crippen LogP contribution < -0.4 is 9.80 Å². The number of anilines is 2. The van der Waals surface area contributed by atoms with Crippen LogP contribution in [0.1, 0.15) is 12.8 Å². The van der Waals surface area contributed by atoms with Crippen molar-refractivity contribution in [1.29, 1.82) is 0 Å². The number of nitrogens with zero attached hydrogens (tertiary/aromatic N) is 4. The number of rotatable bonds is 3. The van der Waals surface area contributed by atoms with E-state index in [0.29, 0.717) is 0 Å². The molecule has 0 radical (unpaired) electrons. The van der Waals surface area contributed by atoms with E-state index in [0.717, 1.165) is 44.0 Å². The Kier molecular flexibility index (Phi) is 3.56. The Morgan fingerprint density at radius 2 is 2.12 bits per heavy atom. The third kappa shape index (κ3) is 2.72. The second kappa shape index (κ2) is 5.12. The van der Waals surface area contributed by atoms with Crippen molar-refractivity contribution in [3.05, 3.63) is 12.3 Å². The largest absolute Gasteiger partial charge is 0.356 e. The zero-order chi connectivity index (χ0) is 12.3. The van der Waals surface area contributed by atoms with Gasteiger partial charge < -0.3 is 14.6 Å². The number of aldehydes is 1. The summed E-state index contributed by atoms with van der Waals surface area (Å²) in [6.07, 6.45) is 4.70. The normalized spacial score (nSPS) is 16.9. The van der Waals surface area contributed by atoms with Crippen LogP contribution in [0.3, 0.4) is 0 Å². The molecule has 1 aromatic rings. The molecule has 1 aliphatic rings. The molecule has 0 bridgehead atoms. The summed E-state index contributed by atoms with van der Waals surface area (Å²) in [5.74, 6) is 1.90. The molecule has 92 valence electrons. The van der Waals surface area contributed by atoms with Crippen LogP contribution in [0.25, 0.3) is 0 Å². The van der Waals surface area contributed by atoms with Crippen molar-refractivity contribution >= 4 is 18.1 Å². The first-order valence-corrected chi connectivity index (χ1v) is 5.91. The van der Waals surface area contributed by atoms with Crippen molar-refractivity contribution in [3.8, 4) is 0 Å². The lowest BCUT2D eigenvalue weighted by molar-refractivity contribution is -0.111. The van der Waals surface area contributed by atoms with Crippen LogP contribution in [0, 0.1) is 5.92 Å². The van der Waals surface area contributed by atoms with Gasteiger partial charge >= 0.3 is 0 Å². The fourth-order valence-corrected chi connectivity index (χ4v) is 2.00. The molecule has 0 aliphatic carbocycles. The third-order valence-corrected chi connectivity index (χ3v) is 3.08. The quantitative estimate of drug-likeness (QED) is 0.729. The molecule has 17 heavy (non-hydrogen) atoms. The van der Waals surface area contributed by atoms with E-state index in [4.69, 9.17) is 0 Å². The van der Waals surface area contributed by atoms with Gasteiger partial charge in [0.2, 0.25) is 5.95 Å². The van der Waals surface area contributed by atoms with E-state index in [1.807, 2.05) is 25.1 Å². The second-order valence-corrected chi connectivity index (χ2v) is 4.57. The lowest BCUT2D eigenvalue weighted by Crippen LogP contribution is -2.34. The standard InChI is InChI=1S/C12H18N4O/c1-15(2)12-13-6-3-11(14-12)16-7-4-10(9-17)5-8-16/h3,6,9-10H,4-5,7-8H2,1-2H3. The summed E-state index contributed by atoms with van der Waals surface area (Å²) in [7, 11) is 3.86. The van der Waals surface area contributed by atoms with Crippen molar-refractivity contribution < 1.29 is 4.79 Å². The molecule has 1 fully saturated rings. The molecule has 2 heterocycles. The summed E-state index contributed by atoms with van der Waals surface area (Å²) in [6, 6.07) is 1.92. The molecule has 0 spiro atoms. The van der Waals surface area contributed by atoms with Gasteiger partial charge in [0.1, 0.15) is 12.1 Å². The molecular formula is C12H18N4O. The summed E-state index contributed by atoms with van der Waals surface area (Å²) >= 11 is 0. The fraction of sp³-hybridized carbons (Fsp3) is 0.583. The Morgan fingerprint density at radius 1 is 1.41 bits per heavy atom.